The van der Waals surface area contributed by atoms with Crippen LogP contribution in [0.25, 0.3) is 0 Å². The molecule has 0 radical (unpaired) electrons. The fourth-order valence-corrected chi connectivity index (χ4v) is 3.34. The second-order valence-corrected chi connectivity index (χ2v) is 7.40. The summed E-state index contributed by atoms with van der Waals surface area (Å²) in [6, 6.07) is 4.80. The van der Waals surface area contributed by atoms with E-state index < -0.39 is 0 Å². The van der Waals surface area contributed by atoms with Gasteiger partial charge in [-0.15, -0.1) is 0 Å². The highest BCUT2D eigenvalue weighted by atomic mass is 16.5. The highest BCUT2D eigenvalue weighted by Gasteiger charge is 2.21. The van der Waals surface area contributed by atoms with Gasteiger partial charge in [0.25, 0.3) is 0 Å². The molecule has 0 saturated heterocycles. The molecule has 0 aromatic heterocycles. The zero-order valence-electron chi connectivity index (χ0n) is 17.8. The predicted octanol–water partition coefficient (Wildman–Crippen LogP) is 2.76. The molecule has 1 aromatic rings. The molecule has 0 fully saturated rings. The Hall–Kier alpha value is -1.95. The Morgan fingerprint density at radius 2 is 1.85 bits per heavy atom. The molecule has 0 bridgehead atoms. The van der Waals surface area contributed by atoms with E-state index in [0.717, 1.165) is 56.5 Å². The first-order valence-electron chi connectivity index (χ1n) is 9.89. The Morgan fingerprint density at radius 3 is 2.44 bits per heavy atom. The van der Waals surface area contributed by atoms with Crippen molar-refractivity contribution < 1.29 is 9.47 Å². The Bertz CT molecular complexity index is 631. The minimum Gasteiger partial charge on any atom is -0.493 e. The third kappa shape index (κ3) is 5.76. The van der Waals surface area contributed by atoms with Gasteiger partial charge in [0.05, 0.1) is 14.2 Å². The molecule has 1 aliphatic heterocycles. The Labute approximate surface area is 164 Å². The summed E-state index contributed by atoms with van der Waals surface area (Å²) < 4.78 is 10.9. The van der Waals surface area contributed by atoms with Gasteiger partial charge < -0.3 is 24.6 Å². The quantitative estimate of drug-likeness (QED) is 0.429. The van der Waals surface area contributed by atoms with Crippen LogP contribution in [0.2, 0.25) is 0 Å². The number of methoxy groups -OCH3 is 2. The minimum absolute atomic E-state index is 0.606. The first kappa shape index (κ1) is 21.4. The molecule has 6 heteroatoms. The number of rotatable bonds is 8. The van der Waals surface area contributed by atoms with E-state index in [1.165, 1.54) is 17.5 Å². The molecule has 0 unspecified atom stereocenters. The van der Waals surface area contributed by atoms with Crippen LogP contribution in [-0.2, 0) is 13.0 Å². The highest BCUT2D eigenvalue weighted by molar-refractivity contribution is 5.80. The van der Waals surface area contributed by atoms with Gasteiger partial charge in [-0.3, -0.25) is 4.99 Å². The number of hydrogen-bond acceptors (Lipinski definition) is 4. The molecule has 0 aliphatic carbocycles. The third-order valence-electron chi connectivity index (χ3n) is 5.33. The minimum atomic E-state index is 0.606. The molecule has 1 N–H and O–H groups in total. The number of ether oxygens (including phenoxy) is 2. The lowest BCUT2D eigenvalue weighted by molar-refractivity contribution is 0.268. The van der Waals surface area contributed by atoms with E-state index in [1.54, 1.807) is 14.2 Å². The van der Waals surface area contributed by atoms with Crippen molar-refractivity contribution in [2.24, 2.45) is 4.99 Å². The number of nitrogens with one attached hydrogen (secondary N) is 1. The molecular weight excluding hydrogens is 340 g/mol. The lowest BCUT2D eigenvalue weighted by atomic mass is 9.99. The maximum atomic E-state index is 5.46. The Balaban J connectivity index is 1.88. The lowest BCUT2D eigenvalue weighted by Gasteiger charge is -2.32. The zero-order chi connectivity index (χ0) is 19.8. The number of aliphatic imine (C=N–C) groups is 1. The summed E-state index contributed by atoms with van der Waals surface area (Å²) in [7, 11) is 7.41. The molecule has 2 rings (SSSR count). The van der Waals surface area contributed by atoms with Crippen LogP contribution in [0.5, 0.6) is 11.5 Å². The van der Waals surface area contributed by atoms with Crippen LogP contribution in [0.15, 0.2) is 17.1 Å². The normalized spacial score (nSPS) is 14.5. The second kappa shape index (κ2) is 10.4. The van der Waals surface area contributed by atoms with Crippen molar-refractivity contribution in [3.63, 3.8) is 0 Å². The molecule has 0 atom stereocenters. The first-order valence-corrected chi connectivity index (χ1v) is 9.89. The van der Waals surface area contributed by atoms with Crippen molar-refractivity contribution in [1.82, 2.24) is 15.1 Å². The van der Waals surface area contributed by atoms with Gasteiger partial charge in [-0.25, -0.2) is 0 Å². The number of guanidine groups is 1. The van der Waals surface area contributed by atoms with E-state index >= 15 is 0 Å². The largest absolute Gasteiger partial charge is 0.493 e. The monoisotopic (exact) mass is 376 g/mol. The van der Waals surface area contributed by atoms with Gasteiger partial charge in [0, 0.05) is 32.7 Å². The van der Waals surface area contributed by atoms with E-state index in [1.807, 2.05) is 7.05 Å². The first-order chi connectivity index (χ1) is 13.0. The fraction of sp³-hybridized carbons (Fsp3) is 0.667. The van der Waals surface area contributed by atoms with E-state index in [4.69, 9.17) is 9.47 Å². The predicted molar refractivity (Wildman–Crippen MR) is 112 cm³/mol. The molecule has 0 amide bonds. The van der Waals surface area contributed by atoms with Crippen LogP contribution in [-0.4, -0.2) is 69.8 Å². The standard InChI is InChI=1S/C21H36N4O2/c1-16(2)24(4)11-8-7-10-23-21(22-3)25-12-9-17-13-19(26-5)20(27-6)14-18(17)15-25/h13-14,16H,7-12,15H2,1-6H3,(H,22,23). The zero-order valence-corrected chi connectivity index (χ0v) is 17.8. The van der Waals surface area contributed by atoms with E-state index in [9.17, 15) is 0 Å². The summed E-state index contributed by atoms with van der Waals surface area (Å²) in [6.07, 6.45) is 3.32. The van der Waals surface area contributed by atoms with Gasteiger partial charge in [0.2, 0.25) is 0 Å². The average molecular weight is 377 g/mol. The Morgan fingerprint density at radius 1 is 1.19 bits per heavy atom. The molecule has 1 aliphatic rings. The van der Waals surface area contributed by atoms with Gasteiger partial charge in [-0.2, -0.15) is 0 Å². The van der Waals surface area contributed by atoms with Crippen molar-refractivity contribution in [3.05, 3.63) is 23.3 Å². The maximum absolute atomic E-state index is 5.46. The van der Waals surface area contributed by atoms with Crippen LogP contribution in [0.1, 0.15) is 37.8 Å². The van der Waals surface area contributed by atoms with Gasteiger partial charge in [-0.1, -0.05) is 0 Å². The number of benzene rings is 1. The SMILES string of the molecule is CN=C(NCCCCN(C)C(C)C)N1CCc2cc(OC)c(OC)cc2C1. The van der Waals surface area contributed by atoms with Gasteiger partial charge in [-0.05, 0) is 70.0 Å². The number of fused-ring (bicyclic) bond motifs is 1. The van der Waals surface area contributed by atoms with Crippen molar-refractivity contribution >= 4 is 5.96 Å². The number of nitrogens with zero attached hydrogens (tertiary/aromatic N) is 3. The molecule has 27 heavy (non-hydrogen) atoms. The van der Waals surface area contributed by atoms with Crippen molar-refractivity contribution in [2.75, 3.05) is 47.9 Å². The molecule has 0 spiro atoms. The molecular formula is C21H36N4O2. The number of unbranched alkanes of at least 4 members (excludes halogenated alkanes) is 1. The van der Waals surface area contributed by atoms with Crippen LogP contribution in [0.4, 0.5) is 0 Å². The van der Waals surface area contributed by atoms with E-state index in [2.05, 4.69) is 53.1 Å². The average Bonchev–Trinajstić information content (AvgIpc) is 2.68. The number of hydrogen-bond donors (Lipinski definition) is 1. The summed E-state index contributed by atoms with van der Waals surface area (Å²) in [5, 5.41) is 3.53. The summed E-state index contributed by atoms with van der Waals surface area (Å²) in [5.74, 6) is 2.57. The summed E-state index contributed by atoms with van der Waals surface area (Å²) in [5.41, 5.74) is 2.61. The lowest BCUT2D eigenvalue weighted by Crippen LogP contribution is -2.44. The van der Waals surface area contributed by atoms with Crippen LogP contribution >= 0.6 is 0 Å². The topological polar surface area (TPSA) is 49.3 Å². The fourth-order valence-electron chi connectivity index (χ4n) is 3.34. The molecule has 152 valence electrons. The highest BCUT2D eigenvalue weighted by Crippen LogP contribution is 2.33. The third-order valence-corrected chi connectivity index (χ3v) is 5.33. The van der Waals surface area contributed by atoms with Gasteiger partial charge in [0.1, 0.15) is 0 Å². The second-order valence-electron chi connectivity index (χ2n) is 7.40. The summed E-state index contributed by atoms with van der Waals surface area (Å²) >= 11 is 0. The molecule has 6 nitrogen and oxygen atoms in total. The summed E-state index contributed by atoms with van der Waals surface area (Å²) in [4.78, 5) is 9.19. The van der Waals surface area contributed by atoms with E-state index in [-0.39, 0.29) is 0 Å². The van der Waals surface area contributed by atoms with Gasteiger partial charge >= 0.3 is 0 Å². The van der Waals surface area contributed by atoms with Crippen LogP contribution in [0, 0.1) is 0 Å². The van der Waals surface area contributed by atoms with Crippen molar-refractivity contribution in [1.29, 1.82) is 0 Å². The Kier molecular flexibility index (Phi) is 8.23. The van der Waals surface area contributed by atoms with E-state index in [0.29, 0.717) is 6.04 Å². The maximum Gasteiger partial charge on any atom is 0.193 e. The van der Waals surface area contributed by atoms with Crippen molar-refractivity contribution in [3.8, 4) is 11.5 Å². The molecule has 0 saturated carbocycles. The van der Waals surface area contributed by atoms with Crippen LogP contribution in [0.3, 0.4) is 0 Å². The molecule has 1 aromatic carbocycles. The van der Waals surface area contributed by atoms with Crippen molar-refractivity contribution in [2.45, 2.75) is 45.7 Å². The van der Waals surface area contributed by atoms with Crippen LogP contribution < -0.4 is 14.8 Å². The summed E-state index contributed by atoms with van der Waals surface area (Å²) in [6.45, 7) is 8.35. The van der Waals surface area contributed by atoms with Gasteiger partial charge in [0.15, 0.2) is 17.5 Å². The smallest absolute Gasteiger partial charge is 0.193 e. The molecule has 1 heterocycles.